The van der Waals surface area contributed by atoms with Crippen LogP contribution in [0, 0.1) is 6.92 Å². The van der Waals surface area contributed by atoms with Crippen LogP contribution in [0.3, 0.4) is 0 Å². The zero-order valence-corrected chi connectivity index (χ0v) is 13.8. The summed E-state index contributed by atoms with van der Waals surface area (Å²) in [5.41, 5.74) is 2.33. The Labute approximate surface area is 119 Å². The van der Waals surface area contributed by atoms with Crippen molar-refractivity contribution in [3.05, 3.63) is 15.9 Å². The van der Waals surface area contributed by atoms with Crippen LogP contribution in [0.2, 0.25) is 0 Å². The van der Waals surface area contributed by atoms with Gasteiger partial charge in [0.05, 0.1) is 15.9 Å². The van der Waals surface area contributed by atoms with Crippen LogP contribution in [-0.2, 0) is 13.6 Å². The monoisotopic (exact) mass is 316 g/mol. The normalized spacial score (nSPS) is 11.8. The van der Waals surface area contributed by atoms with Crippen molar-refractivity contribution in [2.45, 2.75) is 26.8 Å². The molecule has 0 radical (unpaired) electrons. The molecule has 0 spiro atoms. The van der Waals surface area contributed by atoms with E-state index in [1.165, 1.54) is 12.1 Å². The Morgan fingerprint density at radius 2 is 1.94 bits per heavy atom. The molecule has 4 nitrogen and oxygen atoms in total. The number of rotatable bonds is 7. The average molecular weight is 317 g/mol. The molecule has 0 saturated heterocycles. The summed E-state index contributed by atoms with van der Waals surface area (Å²) in [4.78, 5) is 4.70. The Morgan fingerprint density at radius 1 is 1.28 bits per heavy atom. The summed E-state index contributed by atoms with van der Waals surface area (Å²) >= 11 is 3.63. The molecule has 0 aliphatic heterocycles. The van der Waals surface area contributed by atoms with Gasteiger partial charge in [0.2, 0.25) is 0 Å². The van der Waals surface area contributed by atoms with Gasteiger partial charge in [-0.3, -0.25) is 9.58 Å². The maximum Gasteiger partial charge on any atom is 0.0739 e. The van der Waals surface area contributed by atoms with Crippen molar-refractivity contribution in [3.63, 3.8) is 0 Å². The van der Waals surface area contributed by atoms with Crippen molar-refractivity contribution in [2.24, 2.45) is 7.05 Å². The lowest BCUT2D eigenvalue weighted by molar-refractivity contribution is 0.253. The maximum atomic E-state index is 4.44. The summed E-state index contributed by atoms with van der Waals surface area (Å²) in [5, 5.41) is 4.44. The third-order valence-corrected chi connectivity index (χ3v) is 4.19. The third-order valence-electron chi connectivity index (χ3n) is 3.16. The summed E-state index contributed by atoms with van der Waals surface area (Å²) in [6.07, 6.45) is 1.20. The first-order valence-corrected chi connectivity index (χ1v) is 7.30. The van der Waals surface area contributed by atoms with E-state index in [-0.39, 0.29) is 0 Å². The first kappa shape index (κ1) is 15.7. The topological polar surface area (TPSA) is 24.3 Å². The first-order valence-electron chi connectivity index (χ1n) is 6.50. The van der Waals surface area contributed by atoms with E-state index in [0.717, 1.165) is 36.3 Å². The average Bonchev–Trinajstić information content (AvgIpc) is 2.53. The predicted molar refractivity (Wildman–Crippen MR) is 79.8 cm³/mol. The van der Waals surface area contributed by atoms with Crippen LogP contribution in [-0.4, -0.2) is 53.3 Å². The lowest BCUT2D eigenvalue weighted by Crippen LogP contribution is -2.27. The molecule has 0 N–H and O–H groups in total. The number of nitrogens with zero attached hydrogens (tertiary/aromatic N) is 4. The fourth-order valence-corrected chi connectivity index (χ4v) is 2.48. The molecule has 1 rings (SSSR count). The molecule has 1 aromatic heterocycles. The summed E-state index contributed by atoms with van der Waals surface area (Å²) in [7, 11) is 6.26. The fourth-order valence-electron chi connectivity index (χ4n) is 2.02. The number of halogens is 1. The molecule has 0 unspecified atom stereocenters. The Morgan fingerprint density at radius 3 is 2.39 bits per heavy atom. The number of hydrogen-bond donors (Lipinski definition) is 0. The van der Waals surface area contributed by atoms with E-state index >= 15 is 0 Å². The minimum atomic E-state index is 0.960. The van der Waals surface area contributed by atoms with Gasteiger partial charge in [0.15, 0.2) is 0 Å². The Bertz CT molecular complexity index is 373. The summed E-state index contributed by atoms with van der Waals surface area (Å²) in [6, 6.07) is 0. The van der Waals surface area contributed by atoms with E-state index in [9.17, 15) is 0 Å². The van der Waals surface area contributed by atoms with E-state index < -0.39 is 0 Å². The van der Waals surface area contributed by atoms with Crippen molar-refractivity contribution >= 4 is 15.9 Å². The van der Waals surface area contributed by atoms with Gasteiger partial charge >= 0.3 is 0 Å². The van der Waals surface area contributed by atoms with Crippen LogP contribution in [0.4, 0.5) is 0 Å². The largest absolute Gasteiger partial charge is 0.309 e. The zero-order chi connectivity index (χ0) is 13.7. The van der Waals surface area contributed by atoms with Gasteiger partial charge in [0.1, 0.15) is 0 Å². The predicted octanol–water partition coefficient (Wildman–Crippen LogP) is 2.26. The molecular weight excluding hydrogens is 292 g/mol. The minimum absolute atomic E-state index is 0.960. The van der Waals surface area contributed by atoms with Crippen molar-refractivity contribution < 1.29 is 0 Å². The lowest BCUT2D eigenvalue weighted by Gasteiger charge is -2.21. The van der Waals surface area contributed by atoms with Gasteiger partial charge in [-0.25, -0.2) is 0 Å². The molecule has 18 heavy (non-hydrogen) atoms. The summed E-state index contributed by atoms with van der Waals surface area (Å²) < 4.78 is 3.13. The van der Waals surface area contributed by atoms with Gasteiger partial charge in [0, 0.05) is 13.6 Å². The molecule has 0 aliphatic carbocycles. The lowest BCUT2D eigenvalue weighted by atomic mass is 10.3. The highest BCUT2D eigenvalue weighted by atomic mass is 79.9. The van der Waals surface area contributed by atoms with Crippen LogP contribution < -0.4 is 0 Å². The minimum Gasteiger partial charge on any atom is -0.309 e. The molecule has 0 aromatic carbocycles. The number of hydrogen-bond acceptors (Lipinski definition) is 3. The molecule has 0 amide bonds. The molecule has 5 heteroatoms. The van der Waals surface area contributed by atoms with E-state index in [0.29, 0.717) is 0 Å². The van der Waals surface area contributed by atoms with E-state index in [4.69, 9.17) is 0 Å². The molecule has 1 aromatic rings. The second-order valence-electron chi connectivity index (χ2n) is 5.00. The van der Waals surface area contributed by atoms with E-state index in [1.807, 2.05) is 18.7 Å². The van der Waals surface area contributed by atoms with Crippen LogP contribution in [0.15, 0.2) is 4.47 Å². The van der Waals surface area contributed by atoms with Crippen LogP contribution in [0.25, 0.3) is 0 Å². The SMILES string of the molecule is CCN(CCCN(C)C)Cc1c(Br)c(C)nn1C. The van der Waals surface area contributed by atoms with E-state index in [1.54, 1.807) is 0 Å². The van der Waals surface area contributed by atoms with Crippen LogP contribution in [0.1, 0.15) is 24.7 Å². The van der Waals surface area contributed by atoms with Gasteiger partial charge in [0.25, 0.3) is 0 Å². The van der Waals surface area contributed by atoms with E-state index in [2.05, 4.69) is 51.8 Å². The molecule has 104 valence electrons. The molecule has 0 atom stereocenters. The molecule has 1 heterocycles. The zero-order valence-electron chi connectivity index (χ0n) is 12.2. The third kappa shape index (κ3) is 4.37. The molecule has 0 saturated carbocycles. The van der Waals surface area contributed by atoms with Crippen molar-refractivity contribution in [1.29, 1.82) is 0 Å². The molecule has 0 fully saturated rings. The first-order chi connectivity index (χ1) is 8.45. The van der Waals surface area contributed by atoms with Gasteiger partial charge in [-0.2, -0.15) is 5.10 Å². The highest BCUT2D eigenvalue weighted by molar-refractivity contribution is 9.10. The molecular formula is C13H25BrN4. The van der Waals surface area contributed by atoms with Gasteiger partial charge in [-0.1, -0.05) is 6.92 Å². The Hall–Kier alpha value is -0.390. The second-order valence-corrected chi connectivity index (χ2v) is 5.79. The standard InChI is InChI=1S/C13H25BrN4/c1-6-18(9-7-8-16(3)4)10-12-13(14)11(2)15-17(12)5/h6-10H2,1-5H3. The summed E-state index contributed by atoms with van der Waals surface area (Å²) in [6.45, 7) is 8.56. The highest BCUT2D eigenvalue weighted by Crippen LogP contribution is 2.21. The van der Waals surface area contributed by atoms with Crippen LogP contribution in [0.5, 0.6) is 0 Å². The van der Waals surface area contributed by atoms with Gasteiger partial charge < -0.3 is 4.90 Å². The second kappa shape index (κ2) is 7.26. The number of aromatic nitrogens is 2. The molecule has 0 aliphatic rings. The van der Waals surface area contributed by atoms with Crippen molar-refractivity contribution in [1.82, 2.24) is 19.6 Å². The van der Waals surface area contributed by atoms with Gasteiger partial charge in [-0.05, 0) is 63.0 Å². The Kier molecular flexibility index (Phi) is 6.32. The van der Waals surface area contributed by atoms with Crippen molar-refractivity contribution in [3.8, 4) is 0 Å². The highest BCUT2D eigenvalue weighted by Gasteiger charge is 2.13. The summed E-state index contributed by atoms with van der Waals surface area (Å²) in [5.74, 6) is 0. The van der Waals surface area contributed by atoms with Crippen molar-refractivity contribution in [2.75, 3.05) is 33.7 Å². The smallest absolute Gasteiger partial charge is 0.0739 e. The maximum absolute atomic E-state index is 4.44. The molecule has 0 bridgehead atoms. The fraction of sp³-hybridized carbons (Fsp3) is 0.769. The number of aryl methyl sites for hydroxylation is 2. The van der Waals surface area contributed by atoms with Gasteiger partial charge in [-0.15, -0.1) is 0 Å². The Balaban J connectivity index is 2.57. The quantitative estimate of drug-likeness (QED) is 0.771. The van der Waals surface area contributed by atoms with Crippen LogP contribution >= 0.6 is 15.9 Å².